The fraction of sp³-hybridized carbons (Fsp3) is 0.667. The zero-order chi connectivity index (χ0) is 15.4. The van der Waals surface area contributed by atoms with Crippen LogP contribution in [0.5, 0.6) is 0 Å². The van der Waals surface area contributed by atoms with Crippen LogP contribution in [0, 0.1) is 0 Å². The second kappa shape index (κ2) is 6.74. The quantitative estimate of drug-likeness (QED) is 0.918. The molecule has 2 rings (SSSR count). The number of amides is 1. The Balaban J connectivity index is 2.27. The first-order valence-corrected chi connectivity index (χ1v) is 7.57. The average Bonchev–Trinajstić information content (AvgIpc) is 2.72. The van der Waals surface area contributed by atoms with Gasteiger partial charge in [-0.15, -0.1) is 0 Å². The molecular formula is C15H25N5O. The topological polar surface area (TPSA) is 61.4 Å². The number of carbonyl (C=O) groups excluding carboxylic acids is 1. The molecule has 2 heterocycles. The van der Waals surface area contributed by atoms with E-state index in [1.54, 1.807) is 13.3 Å². The lowest BCUT2D eigenvalue weighted by molar-refractivity contribution is -0.128. The van der Waals surface area contributed by atoms with Crippen LogP contribution in [0.25, 0.3) is 0 Å². The molecule has 1 fully saturated rings. The lowest BCUT2D eigenvalue weighted by atomic mass is 10.0. The van der Waals surface area contributed by atoms with Gasteiger partial charge < -0.3 is 15.1 Å². The summed E-state index contributed by atoms with van der Waals surface area (Å²) in [6.07, 6.45) is 2.58. The van der Waals surface area contributed by atoms with Crippen LogP contribution in [-0.2, 0) is 4.79 Å². The molecule has 0 spiro atoms. The maximum absolute atomic E-state index is 11.5. The van der Waals surface area contributed by atoms with Crippen molar-refractivity contribution in [3.63, 3.8) is 0 Å². The number of hydrogen-bond donors (Lipinski definition) is 1. The molecule has 1 aromatic heterocycles. The van der Waals surface area contributed by atoms with Crippen LogP contribution in [0.15, 0.2) is 6.33 Å². The van der Waals surface area contributed by atoms with Gasteiger partial charge in [0.25, 0.3) is 0 Å². The zero-order valence-electron chi connectivity index (χ0n) is 13.4. The van der Waals surface area contributed by atoms with Crippen LogP contribution in [0.3, 0.4) is 0 Å². The van der Waals surface area contributed by atoms with Gasteiger partial charge in [0.1, 0.15) is 18.0 Å². The Kier molecular flexibility index (Phi) is 4.98. The van der Waals surface area contributed by atoms with E-state index in [-0.39, 0.29) is 5.91 Å². The maximum atomic E-state index is 11.5. The Labute approximate surface area is 126 Å². The highest BCUT2D eigenvalue weighted by Crippen LogP contribution is 2.31. The normalized spacial score (nSPS) is 16.0. The van der Waals surface area contributed by atoms with E-state index in [0.29, 0.717) is 5.92 Å². The highest BCUT2D eigenvalue weighted by molar-refractivity contribution is 5.73. The summed E-state index contributed by atoms with van der Waals surface area (Å²) in [5, 5.41) is 3.16. The van der Waals surface area contributed by atoms with Gasteiger partial charge in [-0.25, -0.2) is 9.97 Å². The van der Waals surface area contributed by atoms with Gasteiger partial charge in [-0.2, -0.15) is 0 Å². The van der Waals surface area contributed by atoms with E-state index in [1.807, 2.05) is 11.9 Å². The monoisotopic (exact) mass is 291 g/mol. The highest BCUT2D eigenvalue weighted by Gasteiger charge is 2.22. The molecular weight excluding hydrogens is 266 g/mol. The number of nitrogens with one attached hydrogen (secondary N) is 1. The number of rotatable bonds is 3. The van der Waals surface area contributed by atoms with Crippen molar-refractivity contribution in [3.05, 3.63) is 11.9 Å². The van der Waals surface area contributed by atoms with Crippen LogP contribution in [0.1, 0.15) is 38.7 Å². The van der Waals surface area contributed by atoms with Crippen LogP contribution >= 0.6 is 0 Å². The molecule has 0 aromatic carbocycles. The van der Waals surface area contributed by atoms with Crippen molar-refractivity contribution in [2.75, 3.05) is 43.4 Å². The Hall–Kier alpha value is -1.85. The molecule has 1 aliphatic rings. The first kappa shape index (κ1) is 15.5. The van der Waals surface area contributed by atoms with Crippen molar-refractivity contribution < 1.29 is 4.79 Å². The first-order chi connectivity index (χ1) is 10.0. The van der Waals surface area contributed by atoms with Gasteiger partial charge in [0.2, 0.25) is 5.91 Å². The summed E-state index contributed by atoms with van der Waals surface area (Å²) in [6.45, 7) is 9.27. The Morgan fingerprint density at radius 2 is 2.00 bits per heavy atom. The van der Waals surface area contributed by atoms with Crippen molar-refractivity contribution in [2.45, 2.75) is 33.1 Å². The van der Waals surface area contributed by atoms with E-state index in [0.717, 1.165) is 49.8 Å². The summed E-state index contributed by atoms with van der Waals surface area (Å²) >= 11 is 0. The third-order valence-corrected chi connectivity index (χ3v) is 3.92. The fourth-order valence-corrected chi connectivity index (χ4v) is 2.81. The molecule has 6 nitrogen and oxygen atoms in total. The second-order valence-corrected chi connectivity index (χ2v) is 5.71. The standard InChI is InChI=1S/C15H25N5O/c1-11(2)13-14(16-4)17-10-18-15(13)20-7-5-6-19(8-9-20)12(3)21/h10-11H,5-9H2,1-4H3,(H,16,17,18). The molecule has 0 atom stereocenters. The van der Waals surface area contributed by atoms with Crippen LogP contribution in [-0.4, -0.2) is 54.0 Å². The number of carbonyl (C=O) groups is 1. The highest BCUT2D eigenvalue weighted by atomic mass is 16.2. The molecule has 1 aromatic rings. The van der Waals surface area contributed by atoms with Crippen LogP contribution in [0.4, 0.5) is 11.6 Å². The smallest absolute Gasteiger partial charge is 0.219 e. The first-order valence-electron chi connectivity index (χ1n) is 7.57. The molecule has 0 bridgehead atoms. The number of nitrogens with zero attached hydrogens (tertiary/aromatic N) is 4. The lowest BCUT2D eigenvalue weighted by Gasteiger charge is -2.26. The van der Waals surface area contributed by atoms with E-state index in [2.05, 4.69) is 34.0 Å². The average molecular weight is 291 g/mol. The predicted molar refractivity (Wildman–Crippen MR) is 84.8 cm³/mol. The molecule has 6 heteroatoms. The second-order valence-electron chi connectivity index (χ2n) is 5.71. The summed E-state index contributed by atoms with van der Waals surface area (Å²) < 4.78 is 0. The van der Waals surface area contributed by atoms with Crippen molar-refractivity contribution in [1.82, 2.24) is 14.9 Å². The summed E-state index contributed by atoms with van der Waals surface area (Å²) in [6, 6.07) is 0. The minimum absolute atomic E-state index is 0.152. The number of anilines is 2. The van der Waals surface area contributed by atoms with Gasteiger partial charge in [-0.05, 0) is 12.3 Å². The van der Waals surface area contributed by atoms with E-state index in [9.17, 15) is 4.79 Å². The minimum atomic E-state index is 0.152. The van der Waals surface area contributed by atoms with Crippen LogP contribution < -0.4 is 10.2 Å². The van der Waals surface area contributed by atoms with E-state index in [4.69, 9.17) is 0 Å². The summed E-state index contributed by atoms with van der Waals surface area (Å²) in [5.74, 6) is 2.38. The fourth-order valence-electron chi connectivity index (χ4n) is 2.81. The summed E-state index contributed by atoms with van der Waals surface area (Å²) in [4.78, 5) is 24.6. The maximum Gasteiger partial charge on any atom is 0.219 e. The number of hydrogen-bond acceptors (Lipinski definition) is 5. The lowest BCUT2D eigenvalue weighted by Crippen LogP contribution is -2.34. The molecule has 0 radical (unpaired) electrons. The Morgan fingerprint density at radius 1 is 1.24 bits per heavy atom. The van der Waals surface area contributed by atoms with Gasteiger partial charge in [-0.3, -0.25) is 4.79 Å². The van der Waals surface area contributed by atoms with E-state index in [1.165, 1.54) is 0 Å². The van der Waals surface area contributed by atoms with Gasteiger partial charge >= 0.3 is 0 Å². The van der Waals surface area contributed by atoms with Crippen molar-refractivity contribution >= 4 is 17.5 Å². The largest absolute Gasteiger partial charge is 0.373 e. The number of aromatic nitrogens is 2. The molecule has 116 valence electrons. The predicted octanol–water partition coefficient (Wildman–Crippen LogP) is 1.70. The molecule has 1 saturated heterocycles. The molecule has 21 heavy (non-hydrogen) atoms. The van der Waals surface area contributed by atoms with Gasteiger partial charge in [0.15, 0.2) is 0 Å². The summed E-state index contributed by atoms with van der Waals surface area (Å²) in [5.41, 5.74) is 1.15. The van der Waals surface area contributed by atoms with Crippen LogP contribution in [0.2, 0.25) is 0 Å². The molecule has 1 aliphatic heterocycles. The molecule has 1 amide bonds. The zero-order valence-corrected chi connectivity index (χ0v) is 13.4. The molecule has 1 N–H and O–H groups in total. The molecule has 0 unspecified atom stereocenters. The van der Waals surface area contributed by atoms with Gasteiger partial charge in [0.05, 0.1) is 0 Å². The van der Waals surface area contributed by atoms with Crippen molar-refractivity contribution in [3.8, 4) is 0 Å². The Bertz CT molecular complexity index is 503. The van der Waals surface area contributed by atoms with Crippen molar-refractivity contribution in [2.24, 2.45) is 0 Å². The minimum Gasteiger partial charge on any atom is -0.373 e. The van der Waals surface area contributed by atoms with E-state index >= 15 is 0 Å². The Morgan fingerprint density at radius 3 is 2.62 bits per heavy atom. The van der Waals surface area contributed by atoms with Gasteiger partial charge in [-0.1, -0.05) is 13.8 Å². The van der Waals surface area contributed by atoms with Crippen molar-refractivity contribution in [1.29, 1.82) is 0 Å². The van der Waals surface area contributed by atoms with Gasteiger partial charge in [0, 0.05) is 45.7 Å². The van der Waals surface area contributed by atoms with E-state index < -0.39 is 0 Å². The molecule has 0 aliphatic carbocycles. The summed E-state index contributed by atoms with van der Waals surface area (Å²) in [7, 11) is 1.89. The SMILES string of the molecule is CNc1ncnc(N2CCCN(C(C)=O)CC2)c1C(C)C. The third kappa shape index (κ3) is 3.43. The third-order valence-electron chi connectivity index (χ3n) is 3.92. The molecule has 0 saturated carbocycles.